The van der Waals surface area contributed by atoms with Gasteiger partial charge < -0.3 is 14.8 Å². The van der Waals surface area contributed by atoms with Crippen LogP contribution >= 0.6 is 12.2 Å². The van der Waals surface area contributed by atoms with Crippen LogP contribution in [0.4, 0.5) is 0 Å². The molecule has 4 heterocycles. The number of hydrogen-bond donors (Lipinski definition) is 1. The van der Waals surface area contributed by atoms with Crippen molar-refractivity contribution >= 4 is 17.3 Å². The fourth-order valence-electron chi connectivity index (χ4n) is 3.80. The molecule has 0 spiro atoms. The molecule has 28 heavy (non-hydrogen) atoms. The maximum Gasteiger partial charge on any atom is 0.170 e. The quantitative estimate of drug-likeness (QED) is 0.615. The lowest BCUT2D eigenvalue weighted by Crippen LogP contribution is -2.31. The van der Waals surface area contributed by atoms with Crippen molar-refractivity contribution in [2.45, 2.75) is 38.4 Å². The van der Waals surface area contributed by atoms with Crippen LogP contribution in [0.25, 0.3) is 0 Å². The van der Waals surface area contributed by atoms with Crippen molar-refractivity contribution in [3.05, 3.63) is 84.2 Å². The number of aromatic nitrogens is 3. The Kier molecular flexibility index (Phi) is 5.67. The minimum Gasteiger partial charge on any atom is -0.352 e. The summed E-state index contributed by atoms with van der Waals surface area (Å²) in [5, 5.41) is 4.33. The van der Waals surface area contributed by atoms with Gasteiger partial charge in [0.05, 0.1) is 30.0 Å². The Labute approximate surface area is 171 Å². The lowest BCUT2D eigenvalue weighted by Gasteiger charge is -2.28. The van der Waals surface area contributed by atoms with Gasteiger partial charge in [-0.2, -0.15) is 0 Å². The molecular formula is C22H25N5S. The molecule has 0 unspecified atom stereocenters. The van der Waals surface area contributed by atoms with Crippen molar-refractivity contribution in [2.75, 3.05) is 6.54 Å². The van der Waals surface area contributed by atoms with Gasteiger partial charge in [-0.05, 0) is 55.0 Å². The fraction of sp³-hybridized carbons (Fsp3) is 0.318. The number of thiocarbonyl (C=S) groups is 1. The second-order valence-corrected chi connectivity index (χ2v) is 7.44. The van der Waals surface area contributed by atoms with E-state index in [4.69, 9.17) is 12.2 Å². The highest BCUT2D eigenvalue weighted by molar-refractivity contribution is 7.80. The van der Waals surface area contributed by atoms with Gasteiger partial charge in [-0.3, -0.25) is 9.97 Å². The van der Waals surface area contributed by atoms with Gasteiger partial charge in [-0.1, -0.05) is 25.5 Å². The zero-order valence-corrected chi connectivity index (χ0v) is 16.8. The standard InChI is InChI=1S/C22H25N5S/c1-2-3-15-27-21(20(25-22(27)28)18-10-5-7-13-24-18)19-11-8-14-26(19)16-17-9-4-6-12-23-17/h4-14,20-21H,2-3,15-16H2,1H3,(H,25,28)/t20-,21-/m0/s1. The summed E-state index contributed by atoms with van der Waals surface area (Å²) in [6.45, 7) is 3.88. The Morgan fingerprint density at radius 1 is 1.04 bits per heavy atom. The minimum absolute atomic E-state index is 0.0305. The molecule has 1 aliphatic heterocycles. The zero-order valence-electron chi connectivity index (χ0n) is 16.0. The monoisotopic (exact) mass is 391 g/mol. The highest BCUT2D eigenvalue weighted by atomic mass is 32.1. The van der Waals surface area contributed by atoms with Gasteiger partial charge in [0.2, 0.25) is 0 Å². The van der Waals surface area contributed by atoms with Crippen LogP contribution in [0.15, 0.2) is 67.1 Å². The number of nitrogens with zero attached hydrogens (tertiary/aromatic N) is 4. The van der Waals surface area contributed by atoms with E-state index in [1.54, 1.807) is 0 Å². The number of nitrogens with one attached hydrogen (secondary N) is 1. The van der Waals surface area contributed by atoms with Crippen LogP contribution in [0.5, 0.6) is 0 Å². The summed E-state index contributed by atoms with van der Waals surface area (Å²) >= 11 is 5.72. The van der Waals surface area contributed by atoms with Crippen molar-refractivity contribution in [3.63, 3.8) is 0 Å². The molecule has 4 rings (SSSR count). The Bertz CT molecular complexity index is 909. The third-order valence-corrected chi connectivity index (χ3v) is 5.53. The first-order chi connectivity index (χ1) is 13.8. The van der Waals surface area contributed by atoms with Crippen LogP contribution in [-0.4, -0.2) is 31.1 Å². The summed E-state index contributed by atoms with van der Waals surface area (Å²) in [5.41, 5.74) is 3.28. The second-order valence-electron chi connectivity index (χ2n) is 7.06. The van der Waals surface area contributed by atoms with Crippen molar-refractivity contribution in [1.29, 1.82) is 0 Å². The fourth-order valence-corrected chi connectivity index (χ4v) is 4.13. The second kappa shape index (κ2) is 8.52. The Balaban J connectivity index is 1.70. The van der Waals surface area contributed by atoms with E-state index in [-0.39, 0.29) is 12.1 Å². The zero-order chi connectivity index (χ0) is 19.3. The first-order valence-electron chi connectivity index (χ1n) is 9.81. The minimum atomic E-state index is 0.0305. The molecule has 3 aromatic rings. The molecule has 6 heteroatoms. The molecule has 0 bridgehead atoms. The number of unbranched alkanes of at least 4 members (excludes halogenated alkanes) is 1. The molecule has 1 N–H and O–H groups in total. The highest BCUT2D eigenvalue weighted by Gasteiger charge is 2.40. The van der Waals surface area contributed by atoms with E-state index in [1.165, 1.54) is 5.69 Å². The third kappa shape index (κ3) is 3.78. The van der Waals surface area contributed by atoms with Gasteiger partial charge in [0.25, 0.3) is 0 Å². The highest BCUT2D eigenvalue weighted by Crippen LogP contribution is 2.38. The van der Waals surface area contributed by atoms with Crippen molar-refractivity contribution in [1.82, 2.24) is 24.8 Å². The molecule has 1 saturated heterocycles. The van der Waals surface area contributed by atoms with E-state index in [2.05, 4.69) is 62.1 Å². The topological polar surface area (TPSA) is 46.0 Å². The summed E-state index contributed by atoms with van der Waals surface area (Å²) in [6.07, 6.45) is 8.05. The van der Waals surface area contributed by atoms with Crippen LogP contribution in [0, 0.1) is 0 Å². The molecule has 2 atom stereocenters. The molecule has 0 aliphatic carbocycles. The van der Waals surface area contributed by atoms with E-state index >= 15 is 0 Å². The molecule has 0 saturated carbocycles. The smallest absolute Gasteiger partial charge is 0.170 e. The molecule has 5 nitrogen and oxygen atoms in total. The lowest BCUT2D eigenvalue weighted by molar-refractivity contribution is 0.300. The van der Waals surface area contributed by atoms with Crippen LogP contribution < -0.4 is 5.32 Å². The summed E-state index contributed by atoms with van der Waals surface area (Å²) in [6, 6.07) is 16.5. The van der Waals surface area contributed by atoms with Gasteiger partial charge in [0.15, 0.2) is 5.11 Å². The van der Waals surface area contributed by atoms with Gasteiger partial charge >= 0.3 is 0 Å². The van der Waals surface area contributed by atoms with Crippen molar-refractivity contribution in [3.8, 4) is 0 Å². The molecule has 3 aromatic heterocycles. The largest absolute Gasteiger partial charge is 0.352 e. The van der Waals surface area contributed by atoms with Gasteiger partial charge in [0, 0.05) is 30.8 Å². The Morgan fingerprint density at radius 3 is 2.57 bits per heavy atom. The van der Waals surface area contributed by atoms with E-state index in [0.717, 1.165) is 42.4 Å². The Hall–Kier alpha value is -2.73. The van der Waals surface area contributed by atoms with Gasteiger partial charge in [-0.25, -0.2) is 0 Å². The maximum absolute atomic E-state index is 5.72. The molecule has 0 radical (unpaired) electrons. The third-order valence-electron chi connectivity index (χ3n) is 5.18. The number of pyridine rings is 2. The van der Waals surface area contributed by atoms with E-state index in [1.807, 2.05) is 36.7 Å². The molecule has 1 fully saturated rings. The molecule has 0 amide bonds. The van der Waals surface area contributed by atoms with Crippen LogP contribution in [0.2, 0.25) is 0 Å². The summed E-state index contributed by atoms with van der Waals surface area (Å²) < 4.78 is 2.28. The summed E-state index contributed by atoms with van der Waals surface area (Å²) in [4.78, 5) is 11.4. The summed E-state index contributed by atoms with van der Waals surface area (Å²) in [7, 11) is 0. The average Bonchev–Trinajstić information content (AvgIpc) is 3.31. The van der Waals surface area contributed by atoms with E-state index in [9.17, 15) is 0 Å². The predicted molar refractivity (Wildman–Crippen MR) is 115 cm³/mol. The normalized spacial score (nSPS) is 19.0. The van der Waals surface area contributed by atoms with Crippen molar-refractivity contribution < 1.29 is 0 Å². The van der Waals surface area contributed by atoms with E-state index in [0.29, 0.717) is 0 Å². The van der Waals surface area contributed by atoms with Gasteiger partial charge in [-0.15, -0.1) is 0 Å². The molecule has 0 aromatic carbocycles. The first-order valence-corrected chi connectivity index (χ1v) is 10.2. The number of rotatable bonds is 7. The number of hydrogen-bond acceptors (Lipinski definition) is 3. The van der Waals surface area contributed by atoms with Crippen LogP contribution in [0.1, 0.15) is 48.9 Å². The molecular weight excluding hydrogens is 366 g/mol. The lowest BCUT2D eigenvalue weighted by atomic mass is 10.0. The van der Waals surface area contributed by atoms with Crippen LogP contribution in [0.3, 0.4) is 0 Å². The Morgan fingerprint density at radius 2 is 1.86 bits per heavy atom. The predicted octanol–water partition coefficient (Wildman–Crippen LogP) is 4.10. The SMILES string of the molecule is CCCCN1C(=S)N[C@@H](c2ccccn2)[C@@H]1c1cccn1Cc1ccccn1. The van der Waals surface area contributed by atoms with Crippen molar-refractivity contribution in [2.24, 2.45) is 0 Å². The van der Waals surface area contributed by atoms with Gasteiger partial charge in [0.1, 0.15) is 0 Å². The first kappa shape index (κ1) is 18.6. The molecule has 144 valence electrons. The maximum atomic E-state index is 5.72. The summed E-state index contributed by atoms with van der Waals surface area (Å²) in [5.74, 6) is 0. The van der Waals surface area contributed by atoms with E-state index < -0.39 is 0 Å². The average molecular weight is 392 g/mol. The van der Waals surface area contributed by atoms with Crippen LogP contribution in [-0.2, 0) is 6.54 Å². The molecule has 1 aliphatic rings.